The number of hydrogen-bond acceptors (Lipinski definition) is 4. The van der Waals surface area contributed by atoms with Gasteiger partial charge in [0.15, 0.2) is 0 Å². The maximum atomic E-state index is 12.5. The molecule has 0 radical (unpaired) electrons. The predicted molar refractivity (Wildman–Crippen MR) is 114 cm³/mol. The van der Waals surface area contributed by atoms with Crippen molar-refractivity contribution in [3.05, 3.63) is 88.4 Å². The Bertz CT molecular complexity index is 992. The summed E-state index contributed by atoms with van der Waals surface area (Å²) in [5.74, 6) is 1.44. The third-order valence-electron chi connectivity index (χ3n) is 4.80. The smallest absolute Gasteiger partial charge is 0.415 e. The van der Waals surface area contributed by atoms with Crippen LogP contribution in [0.5, 0.6) is 11.5 Å². The minimum atomic E-state index is -0.378. The molecule has 6 heteroatoms. The maximum absolute atomic E-state index is 12.5. The summed E-state index contributed by atoms with van der Waals surface area (Å²) in [7, 11) is 1.61. The van der Waals surface area contributed by atoms with Crippen molar-refractivity contribution in [2.24, 2.45) is 0 Å². The zero-order valence-corrected chi connectivity index (χ0v) is 17.5. The first-order valence-electron chi connectivity index (χ1n) is 9.22. The molecule has 0 aromatic heterocycles. The zero-order chi connectivity index (χ0) is 20.2. The van der Waals surface area contributed by atoms with Crippen LogP contribution in [-0.4, -0.2) is 19.8 Å². The Morgan fingerprint density at radius 3 is 2.55 bits per heavy atom. The van der Waals surface area contributed by atoms with Gasteiger partial charge in [-0.2, -0.15) is 0 Å². The molecule has 1 atom stereocenters. The van der Waals surface area contributed by atoms with Gasteiger partial charge in [0.2, 0.25) is 0 Å². The van der Waals surface area contributed by atoms with Gasteiger partial charge in [-0.25, -0.2) is 4.79 Å². The Morgan fingerprint density at radius 1 is 1.07 bits per heavy atom. The number of halogens is 1. The first kappa shape index (κ1) is 19.3. The number of benzene rings is 3. The van der Waals surface area contributed by atoms with E-state index in [1.165, 1.54) is 0 Å². The molecule has 1 amide bonds. The first-order chi connectivity index (χ1) is 14.2. The highest BCUT2D eigenvalue weighted by molar-refractivity contribution is 9.10. The van der Waals surface area contributed by atoms with E-state index in [1.807, 2.05) is 72.8 Å². The van der Waals surface area contributed by atoms with E-state index in [-0.39, 0.29) is 18.7 Å². The van der Waals surface area contributed by atoms with Crippen molar-refractivity contribution in [3.63, 3.8) is 0 Å². The molecule has 0 N–H and O–H groups in total. The minimum Gasteiger partial charge on any atom is -0.497 e. The third-order valence-corrected chi connectivity index (χ3v) is 5.29. The molecular weight excluding hydrogens is 434 g/mol. The van der Waals surface area contributed by atoms with Crippen LogP contribution in [0.1, 0.15) is 17.2 Å². The Labute approximate surface area is 177 Å². The Balaban J connectivity index is 1.64. The molecule has 29 heavy (non-hydrogen) atoms. The number of hydrogen-bond donors (Lipinski definition) is 0. The van der Waals surface area contributed by atoms with Gasteiger partial charge in [0.05, 0.1) is 7.11 Å². The van der Waals surface area contributed by atoms with E-state index >= 15 is 0 Å². The number of nitrogens with zero attached hydrogens (tertiary/aromatic N) is 1. The number of rotatable bonds is 6. The van der Waals surface area contributed by atoms with Crippen molar-refractivity contribution >= 4 is 27.7 Å². The lowest BCUT2D eigenvalue weighted by atomic mass is 10.0. The second-order valence-electron chi connectivity index (χ2n) is 6.62. The van der Waals surface area contributed by atoms with Crippen LogP contribution in [0.25, 0.3) is 0 Å². The van der Waals surface area contributed by atoms with E-state index in [4.69, 9.17) is 14.2 Å². The second kappa shape index (κ2) is 8.57. The summed E-state index contributed by atoms with van der Waals surface area (Å²) in [6.07, 6.45) is -0.378. The van der Waals surface area contributed by atoms with Gasteiger partial charge >= 0.3 is 6.09 Å². The lowest BCUT2D eigenvalue weighted by molar-refractivity contribution is 0.178. The molecule has 0 saturated carbocycles. The fourth-order valence-corrected chi connectivity index (χ4v) is 3.66. The predicted octanol–water partition coefficient (Wildman–Crippen LogP) is 5.73. The lowest BCUT2D eigenvalue weighted by Gasteiger charge is -2.24. The fourth-order valence-electron chi connectivity index (χ4n) is 3.32. The molecule has 3 aromatic carbocycles. The molecular formula is C23H20BrNO4. The van der Waals surface area contributed by atoms with Crippen LogP contribution in [0.2, 0.25) is 0 Å². The molecule has 0 spiro atoms. The van der Waals surface area contributed by atoms with E-state index in [9.17, 15) is 4.79 Å². The lowest BCUT2D eigenvalue weighted by Crippen LogP contribution is -2.27. The van der Waals surface area contributed by atoms with E-state index in [1.54, 1.807) is 12.0 Å². The van der Waals surface area contributed by atoms with Crippen molar-refractivity contribution in [1.29, 1.82) is 0 Å². The van der Waals surface area contributed by atoms with Gasteiger partial charge in [-0.3, -0.25) is 4.90 Å². The van der Waals surface area contributed by atoms with Crippen LogP contribution in [-0.2, 0) is 11.3 Å². The zero-order valence-electron chi connectivity index (χ0n) is 15.9. The van der Waals surface area contributed by atoms with Crippen LogP contribution in [0.15, 0.2) is 77.3 Å². The number of methoxy groups -OCH3 is 1. The van der Waals surface area contributed by atoms with Crippen LogP contribution < -0.4 is 14.4 Å². The third kappa shape index (κ3) is 4.22. The van der Waals surface area contributed by atoms with Gasteiger partial charge in [-0.15, -0.1) is 0 Å². The quantitative estimate of drug-likeness (QED) is 0.477. The number of amides is 1. The Kier molecular flexibility index (Phi) is 5.71. The van der Waals surface area contributed by atoms with E-state index in [2.05, 4.69) is 15.9 Å². The molecule has 1 unspecified atom stereocenters. The minimum absolute atomic E-state index is 0.258. The first-order valence-corrected chi connectivity index (χ1v) is 10.0. The summed E-state index contributed by atoms with van der Waals surface area (Å²) in [6.45, 7) is 0.697. The molecule has 0 aliphatic carbocycles. The number of ether oxygens (including phenoxy) is 3. The second-order valence-corrected chi connectivity index (χ2v) is 7.53. The molecule has 1 aliphatic rings. The Morgan fingerprint density at radius 2 is 1.83 bits per heavy atom. The largest absolute Gasteiger partial charge is 0.497 e. The van der Waals surface area contributed by atoms with Gasteiger partial charge in [-0.05, 0) is 42.0 Å². The Hall–Kier alpha value is -2.99. The molecule has 0 bridgehead atoms. The van der Waals surface area contributed by atoms with E-state index < -0.39 is 0 Å². The summed E-state index contributed by atoms with van der Waals surface area (Å²) in [6, 6.07) is 22.9. The molecule has 1 saturated heterocycles. The monoisotopic (exact) mass is 453 g/mol. The van der Waals surface area contributed by atoms with Crippen molar-refractivity contribution in [2.75, 3.05) is 18.6 Å². The molecule has 5 nitrogen and oxygen atoms in total. The molecule has 1 heterocycles. The number of cyclic esters (lactones) is 1. The van der Waals surface area contributed by atoms with Gasteiger partial charge in [-0.1, -0.05) is 52.3 Å². The molecule has 1 aliphatic heterocycles. The standard InChI is InChI=1S/C23H20BrNO4/c1-27-19-10-8-18(9-11-19)25-21(15-29-23(25)26)20-12-7-17(24)13-22(20)28-14-16-5-3-2-4-6-16/h2-13,21H,14-15H2,1H3. The number of carbonyl (C=O) groups excluding carboxylic acids is 1. The molecule has 148 valence electrons. The van der Waals surface area contributed by atoms with Crippen LogP contribution in [0.4, 0.5) is 10.5 Å². The number of anilines is 1. The van der Waals surface area contributed by atoms with Crippen molar-refractivity contribution in [2.45, 2.75) is 12.6 Å². The van der Waals surface area contributed by atoms with Gasteiger partial charge < -0.3 is 14.2 Å². The van der Waals surface area contributed by atoms with Crippen molar-refractivity contribution in [3.8, 4) is 11.5 Å². The summed E-state index contributed by atoms with van der Waals surface area (Å²) in [5.41, 5.74) is 2.71. The molecule has 4 rings (SSSR count). The van der Waals surface area contributed by atoms with E-state index in [0.29, 0.717) is 12.4 Å². The van der Waals surface area contributed by atoms with E-state index in [0.717, 1.165) is 27.0 Å². The molecule has 1 fully saturated rings. The van der Waals surface area contributed by atoms with Gasteiger partial charge in [0, 0.05) is 15.7 Å². The average Bonchev–Trinajstić information content (AvgIpc) is 3.14. The highest BCUT2D eigenvalue weighted by Crippen LogP contribution is 2.39. The normalized spacial score (nSPS) is 15.9. The topological polar surface area (TPSA) is 48.0 Å². The maximum Gasteiger partial charge on any atom is 0.415 e. The SMILES string of the molecule is COc1ccc(N2C(=O)OCC2c2ccc(Br)cc2OCc2ccccc2)cc1. The van der Waals surface area contributed by atoms with Crippen LogP contribution in [0, 0.1) is 0 Å². The fraction of sp³-hybridized carbons (Fsp3) is 0.174. The highest BCUT2D eigenvalue weighted by Gasteiger charge is 2.37. The van der Waals surface area contributed by atoms with Crippen LogP contribution >= 0.6 is 15.9 Å². The highest BCUT2D eigenvalue weighted by atomic mass is 79.9. The summed E-state index contributed by atoms with van der Waals surface area (Å²) in [5, 5.41) is 0. The molecule has 3 aromatic rings. The summed E-state index contributed by atoms with van der Waals surface area (Å²) < 4.78 is 17.6. The summed E-state index contributed by atoms with van der Waals surface area (Å²) in [4.78, 5) is 14.1. The van der Waals surface area contributed by atoms with Crippen LogP contribution in [0.3, 0.4) is 0 Å². The van der Waals surface area contributed by atoms with Crippen molar-refractivity contribution in [1.82, 2.24) is 0 Å². The number of carbonyl (C=O) groups is 1. The van der Waals surface area contributed by atoms with Gasteiger partial charge in [0.25, 0.3) is 0 Å². The average molecular weight is 454 g/mol. The summed E-state index contributed by atoms with van der Waals surface area (Å²) >= 11 is 3.51. The van der Waals surface area contributed by atoms with Crippen molar-refractivity contribution < 1.29 is 19.0 Å². The van der Waals surface area contributed by atoms with Gasteiger partial charge in [0.1, 0.15) is 30.8 Å².